The van der Waals surface area contributed by atoms with Crippen molar-refractivity contribution in [1.29, 1.82) is 0 Å². The molecule has 4 rings (SSSR count). The van der Waals surface area contributed by atoms with E-state index in [9.17, 15) is 24.3 Å². The summed E-state index contributed by atoms with van der Waals surface area (Å²) in [6.07, 6.45) is -0.715. The number of rotatable bonds is 20. The zero-order valence-electron chi connectivity index (χ0n) is 34.7. The molecule has 1 aromatic heterocycles. The van der Waals surface area contributed by atoms with Gasteiger partial charge in [0.1, 0.15) is 24.6 Å². The van der Waals surface area contributed by atoms with E-state index in [-0.39, 0.29) is 31.0 Å². The minimum absolute atomic E-state index is 0.153. The van der Waals surface area contributed by atoms with E-state index >= 15 is 0 Å². The van der Waals surface area contributed by atoms with Crippen LogP contribution >= 0.6 is 15.9 Å². The van der Waals surface area contributed by atoms with Crippen molar-refractivity contribution in [2.45, 2.75) is 60.0 Å². The molecule has 0 radical (unpaired) electrons. The Morgan fingerprint density at radius 1 is 0.712 bits per heavy atom. The lowest BCUT2D eigenvalue weighted by atomic mass is 10.1. The highest BCUT2D eigenvalue weighted by Gasteiger charge is 2.27. The highest BCUT2D eigenvalue weighted by Crippen LogP contribution is 2.26. The number of hydrogen-bond acceptors (Lipinski definition) is 12. The van der Waals surface area contributed by atoms with Gasteiger partial charge >= 0.3 is 24.1 Å². The number of esters is 1. The van der Waals surface area contributed by atoms with Crippen LogP contribution in [-0.2, 0) is 30.2 Å². The summed E-state index contributed by atoms with van der Waals surface area (Å²) in [6, 6.07) is 23.3. The zero-order chi connectivity index (χ0) is 43.3. The van der Waals surface area contributed by atoms with E-state index in [4.69, 9.17) is 28.2 Å². The van der Waals surface area contributed by atoms with Gasteiger partial charge in [0, 0.05) is 17.3 Å². The number of aromatic nitrogens is 2. The molecule has 59 heavy (non-hydrogen) atoms. The molecule has 1 N–H and O–H groups in total. The molecule has 0 aliphatic rings. The maximum Gasteiger partial charge on any atom is 0.410 e. The average molecular weight is 884 g/mol. The molecule has 16 heteroatoms. The fourth-order valence-electron chi connectivity index (χ4n) is 5.23. The molecule has 0 fully saturated rings. The quantitative estimate of drug-likeness (QED) is 0.0509. The Morgan fingerprint density at radius 2 is 1.20 bits per heavy atom. The van der Waals surface area contributed by atoms with Crippen molar-refractivity contribution in [1.82, 2.24) is 19.9 Å². The number of amides is 2. The summed E-state index contributed by atoms with van der Waals surface area (Å²) in [5.74, 6) is 1.16. The number of carbonyl (C=O) groups is 4. The fourth-order valence-corrected chi connectivity index (χ4v) is 5.39. The van der Waals surface area contributed by atoms with Gasteiger partial charge in [-0.1, -0.05) is 91.2 Å². The third kappa shape index (κ3) is 16.6. The maximum atomic E-state index is 12.4. The van der Waals surface area contributed by atoms with E-state index in [0.717, 1.165) is 27.8 Å². The number of alkyl halides is 1. The second kappa shape index (κ2) is 25.0. The van der Waals surface area contributed by atoms with Crippen molar-refractivity contribution < 1.29 is 52.5 Å². The van der Waals surface area contributed by atoms with Gasteiger partial charge in [-0.15, -0.1) is 0 Å². The van der Waals surface area contributed by atoms with Crippen LogP contribution in [0.2, 0.25) is 0 Å². The number of carboxylic acid groups (broad SMARTS) is 1. The van der Waals surface area contributed by atoms with Gasteiger partial charge in [0.25, 0.3) is 5.89 Å². The van der Waals surface area contributed by atoms with E-state index in [1.807, 2.05) is 89.2 Å². The molecule has 0 spiro atoms. The maximum absolute atomic E-state index is 12.4. The van der Waals surface area contributed by atoms with Gasteiger partial charge in [-0.3, -0.25) is 19.4 Å². The Balaban J connectivity index is 0.000000332. The van der Waals surface area contributed by atoms with Crippen molar-refractivity contribution in [3.8, 4) is 23.0 Å². The second-order valence-electron chi connectivity index (χ2n) is 14.2. The van der Waals surface area contributed by atoms with Gasteiger partial charge < -0.3 is 33.3 Å². The number of aliphatic carboxylic acids is 1. The average Bonchev–Trinajstić information content (AvgIpc) is 3.71. The molecule has 3 aromatic carbocycles. The van der Waals surface area contributed by atoms with Crippen LogP contribution < -0.4 is 9.47 Å². The topological polar surface area (TPSA) is 180 Å². The molecule has 0 saturated heterocycles. The zero-order valence-corrected chi connectivity index (χ0v) is 36.3. The number of methoxy groups -OCH3 is 1. The number of benzene rings is 3. The number of halogens is 1. The van der Waals surface area contributed by atoms with Crippen LogP contribution in [0.15, 0.2) is 83.4 Å². The first kappa shape index (κ1) is 47.7. The third-order valence-electron chi connectivity index (χ3n) is 8.47. The lowest BCUT2D eigenvalue weighted by molar-refractivity contribution is -0.142. The van der Waals surface area contributed by atoms with E-state index in [0.29, 0.717) is 43.7 Å². The molecule has 2 atom stereocenters. The molecule has 4 aromatic rings. The number of nitrogens with zero attached hydrogens (tertiary/aromatic N) is 4. The molecule has 0 aliphatic heterocycles. The van der Waals surface area contributed by atoms with Crippen LogP contribution in [0.3, 0.4) is 0 Å². The molecule has 0 unspecified atom stereocenters. The van der Waals surface area contributed by atoms with Gasteiger partial charge in [-0.2, -0.15) is 4.98 Å². The number of hydrogen-bond donors (Lipinski definition) is 1. The molecule has 0 aliphatic carbocycles. The standard InChI is InChI=1S/C25H29N3O6.C18H26BrNO5/c1-17(2)16-33-25(31)28(15-23(29)30)18(3)19-9-11-21(12-10-19)32-14-13-22-26-24(34-27-22)20-7-5-4-6-8-20;1-13(2)12-25-18(22)20(11-17(21)23-4)14(3)15-5-7-16(8-6-15)24-10-9-19/h4-12,17-18H,13-16H2,1-3H3,(H,29,30);5-8,13-14H,9-12H2,1-4H3/t18-;14-/m00/s1. The van der Waals surface area contributed by atoms with Crippen LogP contribution in [0.1, 0.15) is 70.6 Å². The van der Waals surface area contributed by atoms with E-state index < -0.39 is 36.7 Å². The van der Waals surface area contributed by atoms with Crippen molar-refractivity contribution >= 4 is 40.1 Å². The normalized spacial score (nSPS) is 11.8. The summed E-state index contributed by atoms with van der Waals surface area (Å²) in [7, 11) is 1.29. The number of carboxylic acids is 1. The van der Waals surface area contributed by atoms with E-state index in [2.05, 4.69) is 26.1 Å². The predicted octanol–water partition coefficient (Wildman–Crippen LogP) is 8.39. The molecule has 15 nitrogen and oxygen atoms in total. The first-order valence-corrected chi connectivity index (χ1v) is 20.4. The van der Waals surface area contributed by atoms with Crippen molar-refractivity contribution in [3.63, 3.8) is 0 Å². The van der Waals surface area contributed by atoms with Crippen LogP contribution in [0.4, 0.5) is 9.59 Å². The predicted molar refractivity (Wildman–Crippen MR) is 223 cm³/mol. The lowest BCUT2D eigenvalue weighted by Gasteiger charge is -2.28. The summed E-state index contributed by atoms with van der Waals surface area (Å²) in [5, 5.41) is 14.0. The fraction of sp³-hybridized carbons (Fsp3) is 0.442. The monoisotopic (exact) mass is 882 g/mol. The minimum atomic E-state index is -1.11. The molecule has 0 saturated carbocycles. The molecule has 2 amide bonds. The molecule has 320 valence electrons. The van der Waals surface area contributed by atoms with Gasteiger partial charge in [0.05, 0.1) is 45.6 Å². The Morgan fingerprint density at radius 3 is 1.66 bits per heavy atom. The largest absolute Gasteiger partial charge is 0.493 e. The van der Waals surface area contributed by atoms with Crippen molar-refractivity contribution in [2.75, 3.05) is 52.0 Å². The van der Waals surface area contributed by atoms with Crippen LogP contribution in [0, 0.1) is 11.8 Å². The van der Waals surface area contributed by atoms with Gasteiger partial charge in [-0.05, 0) is 73.2 Å². The van der Waals surface area contributed by atoms with Crippen LogP contribution in [-0.4, -0.2) is 101 Å². The van der Waals surface area contributed by atoms with Crippen LogP contribution in [0.25, 0.3) is 11.5 Å². The summed E-state index contributed by atoms with van der Waals surface area (Å²) in [6.45, 7) is 12.2. The Kier molecular flexibility index (Phi) is 20.2. The molecule has 1 heterocycles. The molecular weight excluding hydrogens is 828 g/mol. The highest BCUT2D eigenvalue weighted by atomic mass is 79.9. The van der Waals surface area contributed by atoms with Crippen LogP contribution in [0.5, 0.6) is 11.5 Å². The number of ether oxygens (including phenoxy) is 5. The summed E-state index contributed by atoms with van der Waals surface area (Å²) in [5.41, 5.74) is 2.49. The van der Waals surface area contributed by atoms with E-state index in [1.54, 1.807) is 31.2 Å². The summed E-state index contributed by atoms with van der Waals surface area (Å²) in [4.78, 5) is 54.7. The highest BCUT2D eigenvalue weighted by molar-refractivity contribution is 9.09. The second-order valence-corrected chi connectivity index (χ2v) is 15.0. The third-order valence-corrected chi connectivity index (χ3v) is 8.79. The van der Waals surface area contributed by atoms with Gasteiger partial charge in [0.15, 0.2) is 5.82 Å². The van der Waals surface area contributed by atoms with Gasteiger partial charge in [-0.25, -0.2) is 9.59 Å². The lowest BCUT2D eigenvalue weighted by Crippen LogP contribution is -2.39. The Hall–Kier alpha value is -5.64. The summed E-state index contributed by atoms with van der Waals surface area (Å²) < 4.78 is 31.8. The SMILES string of the molecule is CC(C)COC(=O)N(CC(=O)O)[C@@H](C)c1ccc(OCCc2noc(-c3ccccc3)n2)cc1.COC(=O)CN(C(=O)OCC(C)C)[C@@H](C)c1ccc(OCCBr)cc1. The van der Waals surface area contributed by atoms with Crippen molar-refractivity contribution in [2.24, 2.45) is 11.8 Å². The number of carbonyl (C=O) groups excluding carboxylic acids is 3. The van der Waals surface area contributed by atoms with E-state index in [1.165, 1.54) is 16.9 Å². The first-order chi connectivity index (χ1) is 28.2. The summed E-state index contributed by atoms with van der Waals surface area (Å²) >= 11 is 3.31. The Labute approximate surface area is 354 Å². The van der Waals surface area contributed by atoms with Gasteiger partial charge in [0.2, 0.25) is 0 Å². The molecular formula is C43H55BrN4O11. The molecule has 0 bridgehead atoms. The smallest absolute Gasteiger partial charge is 0.410 e. The first-order valence-electron chi connectivity index (χ1n) is 19.3. The Bertz CT molecular complexity index is 1870. The minimum Gasteiger partial charge on any atom is -0.493 e. The van der Waals surface area contributed by atoms with Crippen molar-refractivity contribution in [3.05, 3.63) is 95.8 Å².